The van der Waals surface area contributed by atoms with Crippen LogP contribution in [0.5, 0.6) is 11.5 Å². The first-order valence-corrected chi connectivity index (χ1v) is 10.5. The molecule has 0 unspecified atom stereocenters. The molecule has 0 saturated heterocycles. The predicted octanol–water partition coefficient (Wildman–Crippen LogP) is 3.98. The van der Waals surface area contributed by atoms with Crippen molar-refractivity contribution in [2.75, 3.05) is 26.8 Å². The summed E-state index contributed by atoms with van der Waals surface area (Å²) in [5.74, 6) is 2.20. The monoisotopic (exact) mass is 554 g/mol. The van der Waals surface area contributed by atoms with Crippen LogP contribution in [0.2, 0.25) is 0 Å². The summed E-state index contributed by atoms with van der Waals surface area (Å²) in [6, 6.07) is 15.0. The molecule has 2 aromatic rings. The summed E-state index contributed by atoms with van der Waals surface area (Å²) in [4.78, 5) is 17.0. The van der Waals surface area contributed by atoms with Crippen molar-refractivity contribution < 1.29 is 14.3 Å². The summed E-state index contributed by atoms with van der Waals surface area (Å²) >= 11 is 0. The second-order valence-corrected chi connectivity index (χ2v) is 8.05. The molecule has 0 fully saturated rings. The summed E-state index contributed by atoms with van der Waals surface area (Å²) in [7, 11) is 1.64. The third kappa shape index (κ3) is 10.2. The summed E-state index contributed by atoms with van der Waals surface area (Å²) in [6.07, 6.45) is 0. The molecular weight excluding hydrogens is 519 g/mol. The highest BCUT2D eigenvalue weighted by Gasteiger charge is 2.15. The first-order chi connectivity index (χ1) is 14.8. The second kappa shape index (κ2) is 13.8. The molecule has 0 bridgehead atoms. The first kappa shape index (κ1) is 27.5. The average Bonchev–Trinajstić information content (AvgIpc) is 2.74. The minimum absolute atomic E-state index is 0. The van der Waals surface area contributed by atoms with E-state index in [1.54, 1.807) is 7.11 Å². The Balaban J connectivity index is 0.00000512. The number of hydrogen-bond donors (Lipinski definition) is 3. The summed E-state index contributed by atoms with van der Waals surface area (Å²) in [5, 5.41) is 9.47. The van der Waals surface area contributed by atoms with Gasteiger partial charge < -0.3 is 25.4 Å². The third-order valence-electron chi connectivity index (χ3n) is 4.16. The summed E-state index contributed by atoms with van der Waals surface area (Å²) < 4.78 is 10.9. The zero-order chi connectivity index (χ0) is 22.7. The maximum Gasteiger partial charge on any atom is 0.251 e. The van der Waals surface area contributed by atoms with E-state index in [1.807, 2.05) is 76.2 Å². The van der Waals surface area contributed by atoms with E-state index in [1.165, 1.54) is 0 Å². The van der Waals surface area contributed by atoms with Crippen LogP contribution in [0, 0.1) is 0 Å². The molecule has 2 rings (SSSR count). The Morgan fingerprint density at radius 1 is 1.03 bits per heavy atom. The molecule has 0 saturated carbocycles. The van der Waals surface area contributed by atoms with E-state index in [4.69, 9.17) is 9.47 Å². The molecule has 1 amide bonds. The number of nitrogens with one attached hydrogen (secondary N) is 3. The fourth-order valence-corrected chi connectivity index (χ4v) is 2.75. The number of guanidine groups is 1. The van der Waals surface area contributed by atoms with Gasteiger partial charge in [0.1, 0.15) is 18.1 Å². The van der Waals surface area contributed by atoms with Gasteiger partial charge in [-0.1, -0.05) is 12.1 Å². The molecular formula is C24H35IN4O3. The van der Waals surface area contributed by atoms with E-state index >= 15 is 0 Å². The number of halogens is 1. The van der Waals surface area contributed by atoms with Gasteiger partial charge in [-0.15, -0.1) is 24.0 Å². The smallest absolute Gasteiger partial charge is 0.251 e. The highest BCUT2D eigenvalue weighted by molar-refractivity contribution is 14.0. The number of rotatable bonds is 9. The molecule has 0 aromatic heterocycles. The molecule has 0 radical (unpaired) electrons. The Morgan fingerprint density at radius 2 is 1.72 bits per heavy atom. The number of carbonyl (C=O) groups is 1. The second-order valence-electron chi connectivity index (χ2n) is 8.05. The average molecular weight is 554 g/mol. The molecule has 3 N–H and O–H groups in total. The molecule has 2 aromatic carbocycles. The van der Waals surface area contributed by atoms with Gasteiger partial charge in [0.25, 0.3) is 5.91 Å². The van der Waals surface area contributed by atoms with Gasteiger partial charge in [0.05, 0.1) is 20.2 Å². The standard InChI is InChI=1S/C24H34N4O3.HI/c1-6-25-23(26-14-15-31-21-12-10-20(30-5)11-13-21)27-17-18-8-7-9-19(16-18)22(29)28-24(2,3)4;/h7-13,16H,6,14-15,17H2,1-5H3,(H,28,29)(H2,25,26,27);1H. The first-order valence-electron chi connectivity index (χ1n) is 10.5. The van der Waals surface area contributed by atoms with E-state index in [9.17, 15) is 4.79 Å². The number of aliphatic imine (C=N–C) groups is 1. The third-order valence-corrected chi connectivity index (χ3v) is 4.16. The van der Waals surface area contributed by atoms with Crippen molar-refractivity contribution in [2.24, 2.45) is 4.99 Å². The fraction of sp³-hybridized carbons (Fsp3) is 0.417. The van der Waals surface area contributed by atoms with Crippen LogP contribution >= 0.6 is 24.0 Å². The number of carbonyl (C=O) groups excluding carboxylic acids is 1. The van der Waals surface area contributed by atoms with Crippen LogP contribution in [0.1, 0.15) is 43.6 Å². The van der Waals surface area contributed by atoms with Gasteiger partial charge in [-0.3, -0.25) is 4.79 Å². The van der Waals surface area contributed by atoms with Crippen molar-refractivity contribution in [3.63, 3.8) is 0 Å². The number of ether oxygens (including phenoxy) is 2. The lowest BCUT2D eigenvalue weighted by molar-refractivity contribution is 0.0919. The van der Waals surface area contributed by atoms with Crippen molar-refractivity contribution >= 4 is 35.8 Å². The van der Waals surface area contributed by atoms with Crippen LogP contribution in [0.25, 0.3) is 0 Å². The van der Waals surface area contributed by atoms with Crippen LogP contribution in [0.4, 0.5) is 0 Å². The van der Waals surface area contributed by atoms with Crippen molar-refractivity contribution in [1.29, 1.82) is 0 Å². The number of methoxy groups -OCH3 is 1. The van der Waals surface area contributed by atoms with Crippen LogP contribution in [-0.2, 0) is 6.54 Å². The normalized spacial score (nSPS) is 11.2. The van der Waals surface area contributed by atoms with E-state index in [0.29, 0.717) is 31.2 Å². The van der Waals surface area contributed by atoms with Crippen molar-refractivity contribution in [1.82, 2.24) is 16.0 Å². The van der Waals surface area contributed by atoms with Gasteiger partial charge >= 0.3 is 0 Å². The van der Waals surface area contributed by atoms with E-state index in [0.717, 1.165) is 23.6 Å². The quantitative estimate of drug-likeness (QED) is 0.189. The van der Waals surface area contributed by atoms with Crippen molar-refractivity contribution in [2.45, 2.75) is 39.8 Å². The Kier molecular flexibility index (Phi) is 11.9. The number of hydrogen-bond acceptors (Lipinski definition) is 4. The Bertz CT molecular complexity index is 864. The zero-order valence-corrected chi connectivity index (χ0v) is 21.9. The molecule has 0 aliphatic carbocycles. The van der Waals surface area contributed by atoms with Crippen molar-refractivity contribution in [3.05, 3.63) is 59.7 Å². The van der Waals surface area contributed by atoms with E-state index < -0.39 is 0 Å². The van der Waals surface area contributed by atoms with Gasteiger partial charge in [-0.2, -0.15) is 0 Å². The molecule has 0 spiro atoms. The Hall–Kier alpha value is -2.49. The van der Waals surface area contributed by atoms with Crippen molar-refractivity contribution in [3.8, 4) is 11.5 Å². The lowest BCUT2D eigenvalue weighted by Crippen LogP contribution is -2.40. The van der Waals surface area contributed by atoms with Gasteiger partial charge in [-0.05, 0) is 69.7 Å². The Labute approximate surface area is 208 Å². The maximum absolute atomic E-state index is 12.4. The largest absolute Gasteiger partial charge is 0.497 e. The van der Waals surface area contributed by atoms with Crippen LogP contribution in [-0.4, -0.2) is 44.2 Å². The molecule has 0 aliphatic heterocycles. The molecule has 0 aliphatic rings. The summed E-state index contributed by atoms with van der Waals surface area (Å²) in [5.41, 5.74) is 1.32. The molecule has 8 heteroatoms. The number of amides is 1. The van der Waals surface area contributed by atoms with Gasteiger partial charge in [0.2, 0.25) is 0 Å². The van der Waals surface area contributed by atoms with Gasteiger partial charge in [-0.25, -0.2) is 4.99 Å². The van der Waals surface area contributed by atoms with Crippen LogP contribution in [0.15, 0.2) is 53.5 Å². The van der Waals surface area contributed by atoms with Gasteiger partial charge in [0.15, 0.2) is 5.96 Å². The minimum atomic E-state index is -0.277. The molecule has 176 valence electrons. The van der Waals surface area contributed by atoms with E-state index in [-0.39, 0.29) is 35.4 Å². The molecule has 7 nitrogen and oxygen atoms in total. The zero-order valence-electron chi connectivity index (χ0n) is 19.5. The van der Waals surface area contributed by atoms with Crippen LogP contribution in [0.3, 0.4) is 0 Å². The van der Waals surface area contributed by atoms with E-state index in [2.05, 4.69) is 20.9 Å². The lowest BCUT2D eigenvalue weighted by atomic mass is 10.1. The fourth-order valence-electron chi connectivity index (χ4n) is 2.75. The molecule has 0 heterocycles. The highest BCUT2D eigenvalue weighted by Crippen LogP contribution is 2.16. The number of benzene rings is 2. The topological polar surface area (TPSA) is 84.0 Å². The lowest BCUT2D eigenvalue weighted by Gasteiger charge is -2.20. The Morgan fingerprint density at radius 3 is 2.34 bits per heavy atom. The predicted molar refractivity (Wildman–Crippen MR) is 140 cm³/mol. The minimum Gasteiger partial charge on any atom is -0.497 e. The highest BCUT2D eigenvalue weighted by atomic mass is 127. The number of nitrogens with zero attached hydrogens (tertiary/aromatic N) is 1. The maximum atomic E-state index is 12.4. The SMILES string of the molecule is CCNC(=NCc1cccc(C(=O)NC(C)(C)C)c1)NCCOc1ccc(OC)cc1.I. The molecule has 32 heavy (non-hydrogen) atoms. The summed E-state index contributed by atoms with van der Waals surface area (Å²) in [6.45, 7) is 10.2. The van der Waals surface area contributed by atoms with Gasteiger partial charge in [0, 0.05) is 17.6 Å². The molecule has 0 atom stereocenters. The van der Waals surface area contributed by atoms with Crippen LogP contribution < -0.4 is 25.4 Å².